The second kappa shape index (κ2) is 11.4. The van der Waals surface area contributed by atoms with Crippen molar-refractivity contribution in [1.82, 2.24) is 4.98 Å². The van der Waals surface area contributed by atoms with Crippen LogP contribution in [0.4, 0.5) is 0 Å². The van der Waals surface area contributed by atoms with Gasteiger partial charge in [0.05, 0.1) is 5.71 Å². The number of aliphatic carboxylic acids is 1. The van der Waals surface area contributed by atoms with E-state index in [4.69, 9.17) is 19.1 Å². The zero-order valence-electron chi connectivity index (χ0n) is 20.5. The van der Waals surface area contributed by atoms with Gasteiger partial charge in [0.15, 0.2) is 13.2 Å². The van der Waals surface area contributed by atoms with Gasteiger partial charge >= 0.3 is 5.97 Å². The lowest BCUT2D eigenvalue weighted by atomic mass is 10.0. The summed E-state index contributed by atoms with van der Waals surface area (Å²) in [5.41, 5.74) is 6.24. The predicted octanol–water partition coefficient (Wildman–Crippen LogP) is 5.89. The largest absolute Gasteiger partial charge is 0.482 e. The average Bonchev–Trinajstić information content (AvgIpc) is 3.24. The van der Waals surface area contributed by atoms with Gasteiger partial charge < -0.3 is 19.1 Å². The Morgan fingerprint density at radius 2 is 1.75 bits per heavy atom. The summed E-state index contributed by atoms with van der Waals surface area (Å²) in [6, 6.07) is 23.5. The molecule has 0 fully saturated rings. The van der Waals surface area contributed by atoms with Crippen LogP contribution in [0.2, 0.25) is 0 Å². The molecule has 4 rings (SSSR count). The molecule has 1 heterocycles. The Kier molecular flexibility index (Phi) is 7.80. The molecule has 0 unspecified atom stereocenters. The second-order valence-electron chi connectivity index (χ2n) is 8.52. The highest BCUT2D eigenvalue weighted by atomic mass is 16.6. The summed E-state index contributed by atoms with van der Waals surface area (Å²) in [5, 5.41) is 13.4. The summed E-state index contributed by atoms with van der Waals surface area (Å²) >= 11 is 0. The van der Waals surface area contributed by atoms with Gasteiger partial charge in [-0.15, -0.1) is 0 Å². The molecule has 0 radical (unpaired) electrons. The van der Waals surface area contributed by atoms with Gasteiger partial charge in [-0.05, 0) is 62.2 Å². The number of carboxylic acids is 1. The van der Waals surface area contributed by atoms with E-state index in [2.05, 4.69) is 10.1 Å². The Balaban J connectivity index is 1.54. The fraction of sp³-hybridized carbons (Fsp3) is 0.207. The first-order valence-electron chi connectivity index (χ1n) is 11.6. The molecule has 36 heavy (non-hydrogen) atoms. The third-order valence-electron chi connectivity index (χ3n) is 5.64. The Hall–Kier alpha value is -4.39. The van der Waals surface area contributed by atoms with E-state index in [0.717, 1.165) is 28.0 Å². The monoisotopic (exact) mass is 484 g/mol. The predicted molar refractivity (Wildman–Crippen MR) is 137 cm³/mol. The maximum absolute atomic E-state index is 10.8. The minimum atomic E-state index is -1.02. The summed E-state index contributed by atoms with van der Waals surface area (Å²) in [6.45, 7) is 5.53. The van der Waals surface area contributed by atoms with Crippen molar-refractivity contribution < 1.29 is 23.9 Å². The van der Waals surface area contributed by atoms with E-state index in [1.54, 1.807) is 6.07 Å². The SMILES string of the molecule is Cc1ccc(-c2nc(CO/N=C(/Cc3ccccc3)c3ccc(OCC(=O)O)c(C)c3)c(C)o2)cc1. The van der Waals surface area contributed by atoms with Crippen LogP contribution in [-0.2, 0) is 22.7 Å². The second-order valence-corrected chi connectivity index (χ2v) is 8.52. The number of hydrogen-bond acceptors (Lipinski definition) is 6. The van der Waals surface area contributed by atoms with E-state index < -0.39 is 12.6 Å². The van der Waals surface area contributed by atoms with Crippen LogP contribution in [0.15, 0.2) is 82.4 Å². The molecule has 7 nitrogen and oxygen atoms in total. The van der Waals surface area contributed by atoms with Crippen molar-refractivity contribution in [3.63, 3.8) is 0 Å². The van der Waals surface area contributed by atoms with Crippen LogP contribution >= 0.6 is 0 Å². The molecular weight excluding hydrogens is 456 g/mol. The summed E-state index contributed by atoms with van der Waals surface area (Å²) < 4.78 is 11.2. The molecule has 3 aromatic carbocycles. The maximum atomic E-state index is 10.8. The maximum Gasteiger partial charge on any atom is 0.341 e. The summed E-state index contributed by atoms with van der Waals surface area (Å²) in [4.78, 5) is 21.2. The molecule has 0 saturated heterocycles. The molecule has 0 saturated carbocycles. The van der Waals surface area contributed by atoms with E-state index in [0.29, 0.717) is 29.5 Å². The van der Waals surface area contributed by atoms with Crippen molar-refractivity contribution >= 4 is 11.7 Å². The molecule has 184 valence electrons. The van der Waals surface area contributed by atoms with Gasteiger partial charge in [-0.25, -0.2) is 9.78 Å². The number of ether oxygens (including phenoxy) is 1. The van der Waals surface area contributed by atoms with Crippen molar-refractivity contribution in [2.24, 2.45) is 5.16 Å². The third-order valence-corrected chi connectivity index (χ3v) is 5.64. The van der Waals surface area contributed by atoms with Gasteiger partial charge in [-0.3, -0.25) is 0 Å². The normalized spacial score (nSPS) is 11.4. The smallest absolute Gasteiger partial charge is 0.341 e. The van der Waals surface area contributed by atoms with Gasteiger partial charge in [0.1, 0.15) is 17.2 Å². The molecule has 7 heteroatoms. The lowest BCUT2D eigenvalue weighted by Gasteiger charge is -2.11. The molecule has 0 spiro atoms. The van der Waals surface area contributed by atoms with Gasteiger partial charge in [0, 0.05) is 17.5 Å². The first-order valence-corrected chi connectivity index (χ1v) is 11.6. The fourth-order valence-electron chi connectivity index (χ4n) is 3.66. The zero-order valence-corrected chi connectivity index (χ0v) is 20.5. The van der Waals surface area contributed by atoms with Gasteiger partial charge in [0.25, 0.3) is 0 Å². The van der Waals surface area contributed by atoms with Crippen molar-refractivity contribution in [1.29, 1.82) is 0 Å². The van der Waals surface area contributed by atoms with Crippen molar-refractivity contribution in [3.8, 4) is 17.2 Å². The van der Waals surface area contributed by atoms with E-state index in [1.807, 2.05) is 87.5 Å². The number of nitrogens with zero attached hydrogens (tertiary/aromatic N) is 2. The van der Waals surface area contributed by atoms with E-state index in [1.165, 1.54) is 5.56 Å². The highest BCUT2D eigenvalue weighted by molar-refractivity contribution is 6.01. The van der Waals surface area contributed by atoms with E-state index in [9.17, 15) is 4.79 Å². The first kappa shape index (κ1) is 24.7. The number of aromatic nitrogens is 1. The number of rotatable bonds is 10. The minimum Gasteiger partial charge on any atom is -0.482 e. The Morgan fingerprint density at radius 1 is 1.00 bits per heavy atom. The molecule has 0 aliphatic rings. The Bertz CT molecular complexity index is 1360. The quantitative estimate of drug-likeness (QED) is 0.223. The number of benzene rings is 3. The molecule has 0 bridgehead atoms. The standard InChI is InChI=1S/C29H28N2O5/c1-19-9-11-23(12-10-19)29-30-26(21(3)36-29)17-35-31-25(16-22-7-5-4-6-8-22)24-13-14-27(20(2)15-24)34-18-28(32)33/h4-15H,16-18H2,1-3H3,(H,32,33)/b31-25-. The topological polar surface area (TPSA) is 94.2 Å². The summed E-state index contributed by atoms with van der Waals surface area (Å²) in [6.07, 6.45) is 0.558. The van der Waals surface area contributed by atoms with Crippen LogP contribution < -0.4 is 4.74 Å². The Morgan fingerprint density at radius 3 is 2.44 bits per heavy atom. The molecule has 0 amide bonds. The number of carbonyl (C=O) groups is 1. The number of carboxylic acid groups (broad SMARTS) is 1. The van der Waals surface area contributed by atoms with Crippen LogP contribution in [0.3, 0.4) is 0 Å². The highest BCUT2D eigenvalue weighted by Crippen LogP contribution is 2.24. The molecular formula is C29H28N2O5. The van der Waals surface area contributed by atoms with Crippen LogP contribution in [0.25, 0.3) is 11.5 Å². The molecule has 1 aromatic heterocycles. The number of oxime groups is 1. The highest BCUT2D eigenvalue weighted by Gasteiger charge is 2.14. The number of hydrogen-bond donors (Lipinski definition) is 1. The van der Waals surface area contributed by atoms with Crippen molar-refractivity contribution in [2.45, 2.75) is 33.8 Å². The van der Waals surface area contributed by atoms with E-state index in [-0.39, 0.29) is 6.61 Å². The van der Waals surface area contributed by atoms with Gasteiger partial charge in [-0.2, -0.15) is 0 Å². The molecule has 0 aliphatic carbocycles. The lowest BCUT2D eigenvalue weighted by molar-refractivity contribution is -0.139. The molecule has 1 N–H and O–H groups in total. The zero-order chi connectivity index (χ0) is 25.5. The molecule has 0 aliphatic heterocycles. The lowest BCUT2D eigenvalue weighted by Crippen LogP contribution is -2.11. The van der Waals surface area contributed by atoms with Crippen molar-refractivity contribution in [3.05, 3.63) is 107 Å². The molecule has 0 atom stereocenters. The summed E-state index contributed by atoms with van der Waals surface area (Å²) in [5.74, 6) is 0.725. The van der Waals surface area contributed by atoms with Crippen LogP contribution in [0, 0.1) is 20.8 Å². The molecule has 4 aromatic rings. The third kappa shape index (κ3) is 6.39. The van der Waals surface area contributed by atoms with Gasteiger partial charge in [-0.1, -0.05) is 53.2 Å². The van der Waals surface area contributed by atoms with Crippen LogP contribution in [-0.4, -0.2) is 28.4 Å². The first-order chi connectivity index (χ1) is 17.4. The fourth-order valence-corrected chi connectivity index (χ4v) is 3.66. The van der Waals surface area contributed by atoms with Crippen molar-refractivity contribution in [2.75, 3.05) is 6.61 Å². The van der Waals surface area contributed by atoms with Crippen LogP contribution in [0.1, 0.15) is 33.7 Å². The van der Waals surface area contributed by atoms with Gasteiger partial charge in [0.2, 0.25) is 5.89 Å². The minimum absolute atomic E-state index is 0.165. The van der Waals surface area contributed by atoms with E-state index >= 15 is 0 Å². The van der Waals surface area contributed by atoms with Crippen LogP contribution in [0.5, 0.6) is 5.75 Å². The number of aryl methyl sites for hydroxylation is 3. The average molecular weight is 485 g/mol. The Labute approximate surface area is 210 Å². The number of oxazole rings is 1. The summed E-state index contributed by atoms with van der Waals surface area (Å²) in [7, 11) is 0.